The van der Waals surface area contributed by atoms with E-state index in [-0.39, 0.29) is 18.1 Å². The highest BCUT2D eigenvalue weighted by molar-refractivity contribution is 9.10. The van der Waals surface area contributed by atoms with Crippen LogP contribution in [-0.2, 0) is 17.9 Å². The van der Waals surface area contributed by atoms with E-state index in [1.54, 1.807) is 11.0 Å². The van der Waals surface area contributed by atoms with Crippen molar-refractivity contribution >= 4 is 38.6 Å². The lowest BCUT2D eigenvalue weighted by atomic mass is 10.00. The van der Waals surface area contributed by atoms with E-state index in [0.717, 1.165) is 27.7 Å². The Hall–Kier alpha value is -2.58. The average molecular weight is 456 g/mol. The summed E-state index contributed by atoms with van der Waals surface area (Å²) in [7, 11) is 0. The Morgan fingerprint density at radius 1 is 1.31 bits per heavy atom. The molecule has 0 aliphatic carbocycles. The first-order valence-electron chi connectivity index (χ1n) is 9.48. The summed E-state index contributed by atoms with van der Waals surface area (Å²) in [5.74, 6) is 0.429. The third-order valence-electron chi connectivity index (χ3n) is 5.20. The number of pyridine rings is 1. The Labute approximate surface area is 177 Å². The summed E-state index contributed by atoms with van der Waals surface area (Å²) in [5.41, 5.74) is 10.2. The third kappa shape index (κ3) is 3.70. The van der Waals surface area contributed by atoms with Crippen molar-refractivity contribution in [3.05, 3.63) is 57.3 Å². The minimum Gasteiger partial charge on any atom is -0.383 e. The van der Waals surface area contributed by atoms with Gasteiger partial charge in [-0.05, 0) is 72.6 Å². The zero-order chi connectivity index (χ0) is 20.7. The number of fused-ring (bicyclic) bond motifs is 3. The number of carbonyl (C=O) groups is 1. The molecule has 1 atom stereocenters. The molecule has 1 aromatic carbocycles. The van der Waals surface area contributed by atoms with Crippen molar-refractivity contribution < 1.29 is 9.53 Å². The largest absolute Gasteiger partial charge is 0.383 e. The number of amides is 1. The monoisotopic (exact) mass is 455 g/mol. The molecule has 0 saturated carbocycles. The molecule has 0 fully saturated rings. The van der Waals surface area contributed by atoms with E-state index in [4.69, 9.17) is 10.5 Å². The minimum absolute atomic E-state index is 0.00209. The number of nitrogens with zero attached hydrogens (tertiary/aromatic N) is 4. The van der Waals surface area contributed by atoms with Crippen molar-refractivity contribution in [1.29, 1.82) is 0 Å². The number of rotatable bonds is 4. The predicted molar refractivity (Wildman–Crippen MR) is 114 cm³/mol. The Morgan fingerprint density at radius 3 is 2.79 bits per heavy atom. The van der Waals surface area contributed by atoms with Crippen LogP contribution in [0.4, 0.5) is 5.82 Å². The van der Waals surface area contributed by atoms with Gasteiger partial charge in [-0.2, -0.15) is 5.10 Å². The Bertz CT molecular complexity index is 1080. The van der Waals surface area contributed by atoms with Crippen LogP contribution in [0.2, 0.25) is 0 Å². The predicted octanol–water partition coefficient (Wildman–Crippen LogP) is 4.01. The number of nitrogen functional groups attached to an aromatic ring is 1. The molecule has 0 spiro atoms. The minimum atomic E-state index is -0.0931. The molecule has 2 N–H and O–H groups in total. The van der Waals surface area contributed by atoms with E-state index in [0.29, 0.717) is 29.1 Å². The molecule has 4 rings (SSSR count). The maximum atomic E-state index is 13.3. The van der Waals surface area contributed by atoms with Crippen LogP contribution >= 0.6 is 15.9 Å². The average Bonchev–Trinajstić information content (AvgIpc) is 3.09. The molecule has 8 heteroatoms. The maximum absolute atomic E-state index is 13.3. The molecule has 1 aliphatic heterocycles. The van der Waals surface area contributed by atoms with Crippen LogP contribution in [0, 0.1) is 0 Å². The molecule has 2 aromatic heterocycles. The van der Waals surface area contributed by atoms with Crippen molar-refractivity contribution in [1.82, 2.24) is 20.1 Å². The van der Waals surface area contributed by atoms with Gasteiger partial charge in [0, 0.05) is 22.6 Å². The topological polar surface area (TPSA) is 94.2 Å². The molecular formula is C21H22BrN5O2. The Morgan fingerprint density at radius 2 is 2.10 bits per heavy atom. The van der Waals surface area contributed by atoms with Gasteiger partial charge in [0.25, 0.3) is 5.91 Å². The van der Waals surface area contributed by atoms with Crippen molar-refractivity contribution in [3.63, 3.8) is 0 Å². The lowest BCUT2D eigenvalue weighted by Crippen LogP contribution is -2.36. The summed E-state index contributed by atoms with van der Waals surface area (Å²) in [4.78, 5) is 19.6. The number of halogens is 1. The molecule has 150 valence electrons. The molecule has 0 bridgehead atoms. The lowest BCUT2D eigenvalue weighted by molar-refractivity contribution is 0.0687. The first kappa shape index (κ1) is 19.7. The van der Waals surface area contributed by atoms with Gasteiger partial charge in [0.1, 0.15) is 10.4 Å². The summed E-state index contributed by atoms with van der Waals surface area (Å²) in [5, 5.41) is 9.09. The molecule has 0 unspecified atom stereocenters. The Kier molecular flexibility index (Phi) is 5.23. The highest BCUT2D eigenvalue weighted by atomic mass is 79.9. The van der Waals surface area contributed by atoms with Crippen LogP contribution in [0.1, 0.15) is 54.1 Å². The van der Waals surface area contributed by atoms with Crippen molar-refractivity contribution in [3.8, 4) is 0 Å². The number of benzene rings is 1. The molecular weight excluding hydrogens is 434 g/mol. The second kappa shape index (κ2) is 7.68. The van der Waals surface area contributed by atoms with Gasteiger partial charge in [0.05, 0.1) is 30.5 Å². The first-order chi connectivity index (χ1) is 13.8. The van der Waals surface area contributed by atoms with Crippen LogP contribution in [0.5, 0.6) is 0 Å². The summed E-state index contributed by atoms with van der Waals surface area (Å²) >= 11 is 3.28. The number of hydrogen-bond acceptors (Lipinski definition) is 6. The van der Waals surface area contributed by atoms with Crippen molar-refractivity contribution in [2.45, 2.75) is 46.1 Å². The molecule has 1 amide bonds. The SMILES string of the molecule is CC(C)N(Cc1ccc(Br)nn1)C(=O)c1ccc2nc(N)c3c(c2c1)CO[C@@H]3C. The maximum Gasteiger partial charge on any atom is 0.254 e. The van der Waals surface area contributed by atoms with E-state index in [1.807, 2.05) is 45.0 Å². The van der Waals surface area contributed by atoms with Crippen LogP contribution in [0.25, 0.3) is 10.9 Å². The van der Waals surface area contributed by atoms with Gasteiger partial charge >= 0.3 is 0 Å². The first-order valence-corrected chi connectivity index (χ1v) is 10.3. The fourth-order valence-corrected chi connectivity index (χ4v) is 3.87. The second-order valence-electron chi connectivity index (χ2n) is 7.45. The van der Waals surface area contributed by atoms with Gasteiger partial charge in [-0.3, -0.25) is 4.79 Å². The summed E-state index contributed by atoms with van der Waals surface area (Å²) in [6.45, 7) is 6.79. The fraction of sp³-hybridized carbons (Fsp3) is 0.333. The highest BCUT2D eigenvalue weighted by Gasteiger charge is 2.27. The van der Waals surface area contributed by atoms with Crippen LogP contribution in [-0.4, -0.2) is 32.0 Å². The van der Waals surface area contributed by atoms with E-state index >= 15 is 0 Å². The second-order valence-corrected chi connectivity index (χ2v) is 8.26. The van der Waals surface area contributed by atoms with Gasteiger partial charge < -0.3 is 15.4 Å². The fourth-order valence-electron chi connectivity index (χ4n) is 3.66. The van der Waals surface area contributed by atoms with Gasteiger partial charge in [-0.15, -0.1) is 5.10 Å². The van der Waals surface area contributed by atoms with E-state index in [2.05, 4.69) is 31.1 Å². The standard InChI is InChI=1S/C21H22BrN5O2/c1-11(2)27(9-14-5-7-18(22)26-25-14)21(28)13-4-6-17-15(8-13)16-10-29-12(3)19(16)20(23)24-17/h4-8,11-12H,9-10H2,1-3H3,(H2,23,24)/t12-/m1/s1. The number of hydrogen-bond donors (Lipinski definition) is 1. The summed E-state index contributed by atoms with van der Waals surface area (Å²) < 4.78 is 6.41. The third-order valence-corrected chi connectivity index (χ3v) is 5.62. The van der Waals surface area contributed by atoms with Crippen LogP contribution < -0.4 is 5.73 Å². The molecule has 1 aliphatic rings. The zero-order valence-corrected chi connectivity index (χ0v) is 18.1. The van der Waals surface area contributed by atoms with Gasteiger partial charge in [0.2, 0.25) is 0 Å². The van der Waals surface area contributed by atoms with Gasteiger partial charge in [-0.25, -0.2) is 4.98 Å². The Balaban J connectivity index is 1.71. The zero-order valence-electron chi connectivity index (χ0n) is 16.5. The van der Waals surface area contributed by atoms with E-state index < -0.39 is 0 Å². The molecule has 29 heavy (non-hydrogen) atoms. The smallest absolute Gasteiger partial charge is 0.254 e. The highest BCUT2D eigenvalue weighted by Crippen LogP contribution is 2.38. The number of nitrogens with two attached hydrogens (primary N) is 1. The quantitative estimate of drug-likeness (QED) is 0.638. The molecule has 7 nitrogen and oxygen atoms in total. The normalized spacial score (nSPS) is 15.7. The lowest BCUT2D eigenvalue weighted by Gasteiger charge is -2.26. The van der Waals surface area contributed by atoms with E-state index in [1.165, 1.54) is 0 Å². The van der Waals surface area contributed by atoms with Crippen molar-refractivity contribution in [2.24, 2.45) is 0 Å². The molecule has 0 saturated heterocycles. The number of anilines is 1. The van der Waals surface area contributed by atoms with Gasteiger partial charge in [-0.1, -0.05) is 0 Å². The van der Waals surface area contributed by atoms with Crippen molar-refractivity contribution in [2.75, 3.05) is 5.73 Å². The number of aromatic nitrogens is 3. The summed E-state index contributed by atoms with van der Waals surface area (Å²) in [6, 6.07) is 9.22. The summed E-state index contributed by atoms with van der Waals surface area (Å²) in [6.07, 6.45) is -0.0931. The molecule has 3 heterocycles. The van der Waals surface area contributed by atoms with Crippen LogP contribution in [0.15, 0.2) is 34.9 Å². The molecule has 0 radical (unpaired) electrons. The molecule has 3 aromatic rings. The number of carbonyl (C=O) groups excluding carboxylic acids is 1. The number of ether oxygens (including phenoxy) is 1. The van der Waals surface area contributed by atoms with Crippen LogP contribution in [0.3, 0.4) is 0 Å². The van der Waals surface area contributed by atoms with E-state index in [9.17, 15) is 4.79 Å². The van der Waals surface area contributed by atoms with Gasteiger partial charge in [0.15, 0.2) is 0 Å².